The molecule has 0 bridgehead atoms. The third-order valence-electron chi connectivity index (χ3n) is 1.04. The summed E-state index contributed by atoms with van der Waals surface area (Å²) >= 11 is 4.56. The van der Waals surface area contributed by atoms with E-state index < -0.39 is 0 Å². The highest BCUT2D eigenvalue weighted by Crippen LogP contribution is 2.20. The van der Waals surface area contributed by atoms with Gasteiger partial charge in [-0.3, -0.25) is 4.79 Å². The molecule has 0 atom stereocenters. The summed E-state index contributed by atoms with van der Waals surface area (Å²) in [6.45, 7) is 0. The first kappa shape index (κ1) is 8.49. The Hall–Kier alpha value is -0.610. The summed E-state index contributed by atoms with van der Waals surface area (Å²) in [5, 5.41) is 10.1. The zero-order valence-corrected chi connectivity index (χ0v) is 7.85. The molecule has 1 heterocycles. The lowest BCUT2D eigenvalue weighted by molar-refractivity contribution is 0.104. The number of ketones is 1. The second-order valence-corrected chi connectivity index (χ2v) is 3.64. The van der Waals surface area contributed by atoms with Gasteiger partial charge in [-0.25, -0.2) is 0 Å². The average Bonchev–Trinajstić information content (AvgIpc) is 2.36. The van der Waals surface area contributed by atoms with Crippen LogP contribution < -0.4 is 0 Å². The maximum absolute atomic E-state index is 11.0. The van der Waals surface area contributed by atoms with Gasteiger partial charge in [0, 0.05) is 15.9 Å². The number of hydrogen-bond donors (Lipinski definition) is 1. The van der Waals surface area contributed by atoms with E-state index in [1.165, 1.54) is 11.3 Å². The third kappa shape index (κ3) is 2.17. The molecule has 1 aromatic heterocycles. The largest absolute Gasteiger partial charge is 0.515 e. The molecule has 0 aliphatic rings. The van der Waals surface area contributed by atoms with E-state index in [0.29, 0.717) is 4.88 Å². The average molecular weight is 233 g/mol. The Labute approximate surface area is 76.3 Å². The molecule has 0 unspecified atom stereocenters. The van der Waals surface area contributed by atoms with E-state index in [1.54, 1.807) is 6.07 Å². The molecular formula is C7H5BrO2S. The number of allylic oxidation sites excluding steroid dienone is 1. The van der Waals surface area contributed by atoms with Gasteiger partial charge in [0.2, 0.25) is 0 Å². The highest BCUT2D eigenvalue weighted by atomic mass is 79.9. The molecular weight excluding hydrogens is 228 g/mol. The maximum Gasteiger partial charge on any atom is 0.198 e. The molecule has 0 fully saturated rings. The zero-order valence-electron chi connectivity index (χ0n) is 5.45. The fourth-order valence-corrected chi connectivity index (χ4v) is 1.94. The highest BCUT2D eigenvalue weighted by Gasteiger charge is 2.03. The van der Waals surface area contributed by atoms with Gasteiger partial charge in [-0.2, -0.15) is 0 Å². The fourth-order valence-electron chi connectivity index (χ4n) is 0.592. The van der Waals surface area contributed by atoms with Gasteiger partial charge in [-0.05, 0) is 22.0 Å². The van der Waals surface area contributed by atoms with Crippen LogP contribution in [0.3, 0.4) is 0 Å². The third-order valence-corrected chi connectivity index (χ3v) is 2.74. The van der Waals surface area contributed by atoms with Crippen LogP contribution in [0.5, 0.6) is 0 Å². The Morgan fingerprint density at radius 3 is 2.91 bits per heavy atom. The van der Waals surface area contributed by atoms with Crippen LogP contribution in [-0.4, -0.2) is 10.9 Å². The maximum atomic E-state index is 11.0. The van der Waals surface area contributed by atoms with Crippen LogP contribution in [0, 0.1) is 0 Å². The van der Waals surface area contributed by atoms with Crippen molar-refractivity contribution in [2.24, 2.45) is 0 Å². The first-order valence-corrected chi connectivity index (χ1v) is 4.50. The highest BCUT2D eigenvalue weighted by molar-refractivity contribution is 9.10. The molecule has 1 rings (SSSR count). The zero-order chi connectivity index (χ0) is 8.27. The van der Waals surface area contributed by atoms with Crippen LogP contribution in [0.25, 0.3) is 0 Å². The molecule has 0 amide bonds. The molecule has 0 saturated heterocycles. The minimum atomic E-state index is -0.178. The quantitative estimate of drug-likeness (QED) is 0.484. The predicted octanol–water partition coefficient (Wildman–Crippen LogP) is 2.77. The van der Waals surface area contributed by atoms with Crippen molar-refractivity contribution in [2.75, 3.05) is 0 Å². The molecule has 4 heteroatoms. The molecule has 0 radical (unpaired) electrons. The summed E-state index contributed by atoms with van der Waals surface area (Å²) < 4.78 is 0.886. The first-order chi connectivity index (χ1) is 5.24. The lowest BCUT2D eigenvalue weighted by Gasteiger charge is -1.83. The SMILES string of the molecule is O=C(/C=C/O)c1cc(Br)cs1. The fraction of sp³-hybridized carbons (Fsp3) is 0. The van der Waals surface area contributed by atoms with Crippen molar-refractivity contribution >= 4 is 33.0 Å². The van der Waals surface area contributed by atoms with Crippen molar-refractivity contribution in [1.82, 2.24) is 0 Å². The predicted molar refractivity (Wildman–Crippen MR) is 48.1 cm³/mol. The topological polar surface area (TPSA) is 37.3 Å². The minimum absolute atomic E-state index is 0.178. The number of thiophene rings is 1. The molecule has 2 nitrogen and oxygen atoms in total. The number of carbonyl (C=O) groups excluding carboxylic acids is 1. The van der Waals surface area contributed by atoms with Gasteiger partial charge >= 0.3 is 0 Å². The molecule has 58 valence electrons. The van der Waals surface area contributed by atoms with Crippen LogP contribution in [0.2, 0.25) is 0 Å². The molecule has 0 saturated carbocycles. The lowest BCUT2D eigenvalue weighted by Crippen LogP contribution is -1.87. The van der Waals surface area contributed by atoms with Crippen molar-refractivity contribution in [3.63, 3.8) is 0 Å². The number of halogens is 1. The first-order valence-electron chi connectivity index (χ1n) is 2.83. The summed E-state index contributed by atoms with van der Waals surface area (Å²) in [4.78, 5) is 11.6. The summed E-state index contributed by atoms with van der Waals surface area (Å²) in [7, 11) is 0. The van der Waals surface area contributed by atoms with Gasteiger partial charge in [0.15, 0.2) is 5.78 Å². The van der Waals surface area contributed by atoms with Crippen molar-refractivity contribution in [2.45, 2.75) is 0 Å². The number of hydrogen-bond acceptors (Lipinski definition) is 3. The van der Waals surface area contributed by atoms with Crippen LogP contribution in [0.15, 0.2) is 28.3 Å². The number of aliphatic hydroxyl groups is 1. The van der Waals surface area contributed by atoms with Gasteiger partial charge in [0.25, 0.3) is 0 Å². The molecule has 0 aliphatic carbocycles. The lowest BCUT2D eigenvalue weighted by atomic mass is 10.3. The summed E-state index contributed by atoms with van der Waals surface area (Å²) in [6.07, 6.45) is 1.87. The van der Waals surface area contributed by atoms with Crippen LogP contribution in [0.1, 0.15) is 9.67 Å². The van der Waals surface area contributed by atoms with Crippen molar-refractivity contribution in [1.29, 1.82) is 0 Å². The van der Waals surface area contributed by atoms with Crippen LogP contribution in [0.4, 0.5) is 0 Å². The second kappa shape index (κ2) is 3.69. The Kier molecular flexibility index (Phi) is 2.84. The van der Waals surface area contributed by atoms with Crippen molar-refractivity contribution in [3.8, 4) is 0 Å². The van der Waals surface area contributed by atoms with Gasteiger partial charge in [-0.1, -0.05) is 0 Å². The number of rotatable bonds is 2. The van der Waals surface area contributed by atoms with E-state index >= 15 is 0 Å². The Bertz CT molecular complexity index is 290. The molecule has 1 N–H and O–H groups in total. The minimum Gasteiger partial charge on any atom is -0.515 e. The van der Waals surface area contributed by atoms with E-state index in [4.69, 9.17) is 5.11 Å². The summed E-state index contributed by atoms with van der Waals surface area (Å²) in [6, 6.07) is 1.72. The van der Waals surface area contributed by atoms with Gasteiger partial charge in [-0.15, -0.1) is 11.3 Å². The van der Waals surface area contributed by atoms with Crippen molar-refractivity contribution in [3.05, 3.63) is 33.1 Å². The Morgan fingerprint density at radius 1 is 1.73 bits per heavy atom. The molecule has 0 spiro atoms. The smallest absolute Gasteiger partial charge is 0.198 e. The Balaban J connectivity index is 2.85. The van der Waals surface area contributed by atoms with E-state index in [-0.39, 0.29) is 5.78 Å². The summed E-state index contributed by atoms with van der Waals surface area (Å²) in [5.41, 5.74) is 0. The van der Waals surface area contributed by atoms with Gasteiger partial charge < -0.3 is 5.11 Å². The van der Waals surface area contributed by atoms with Crippen molar-refractivity contribution < 1.29 is 9.90 Å². The number of aliphatic hydroxyl groups excluding tert-OH is 1. The molecule has 0 aromatic carbocycles. The van der Waals surface area contributed by atoms with E-state index in [0.717, 1.165) is 16.8 Å². The van der Waals surface area contributed by atoms with Gasteiger partial charge in [0.05, 0.1) is 11.1 Å². The molecule has 0 aliphatic heterocycles. The number of carbonyl (C=O) groups is 1. The second-order valence-electron chi connectivity index (χ2n) is 1.81. The van der Waals surface area contributed by atoms with E-state index in [1.807, 2.05) is 5.38 Å². The van der Waals surface area contributed by atoms with Crippen LogP contribution in [-0.2, 0) is 0 Å². The summed E-state index contributed by atoms with van der Waals surface area (Å²) in [5.74, 6) is -0.178. The molecule has 11 heavy (non-hydrogen) atoms. The molecule has 1 aromatic rings. The van der Waals surface area contributed by atoms with Gasteiger partial charge in [0.1, 0.15) is 0 Å². The van der Waals surface area contributed by atoms with E-state index in [2.05, 4.69) is 15.9 Å². The van der Waals surface area contributed by atoms with E-state index in [9.17, 15) is 4.79 Å². The standard InChI is InChI=1S/C7H5BrO2S/c8-5-3-7(11-4-5)6(10)1-2-9/h1-4,9H/b2-1+. The Morgan fingerprint density at radius 2 is 2.45 bits per heavy atom. The monoisotopic (exact) mass is 232 g/mol. The van der Waals surface area contributed by atoms with Crippen LogP contribution >= 0.6 is 27.3 Å². The normalized spacial score (nSPS) is 10.6.